The molecule has 5 nitrogen and oxygen atoms in total. The van der Waals surface area contributed by atoms with Crippen LogP contribution >= 0.6 is 0 Å². The van der Waals surface area contributed by atoms with E-state index in [1.54, 1.807) is 4.90 Å². The predicted octanol–water partition coefficient (Wildman–Crippen LogP) is 2.63. The van der Waals surface area contributed by atoms with Crippen LogP contribution in [0.4, 0.5) is 0 Å². The number of unbranched alkanes of at least 4 members (excludes halogenated alkanes) is 6. The summed E-state index contributed by atoms with van der Waals surface area (Å²) >= 11 is 0. The molecule has 2 saturated heterocycles. The van der Waals surface area contributed by atoms with Gasteiger partial charge in [0, 0.05) is 6.42 Å². The number of hydrogen-bond donors (Lipinski definition) is 0. The van der Waals surface area contributed by atoms with Gasteiger partial charge in [-0.2, -0.15) is 0 Å². The molecule has 21 heavy (non-hydrogen) atoms. The number of hydrogen-bond acceptors (Lipinski definition) is 4. The minimum Gasteiger partial charge on any atom is -0.463 e. The van der Waals surface area contributed by atoms with E-state index in [1.165, 1.54) is 32.1 Å². The third-order valence-electron chi connectivity index (χ3n) is 4.18. The Hall–Kier alpha value is -1.10. The Balaban J connectivity index is 1.44. The van der Waals surface area contributed by atoms with Gasteiger partial charge in [0.1, 0.15) is 18.9 Å². The average molecular weight is 297 g/mol. The molecule has 120 valence electrons. The van der Waals surface area contributed by atoms with Gasteiger partial charge in [-0.05, 0) is 6.42 Å². The summed E-state index contributed by atoms with van der Waals surface area (Å²) in [5.74, 6) is -0.00960. The highest BCUT2D eigenvalue weighted by molar-refractivity contribution is 5.83. The highest BCUT2D eigenvalue weighted by atomic mass is 16.6. The Labute approximate surface area is 127 Å². The molecular formula is C16H27NO4. The Bertz CT molecular complexity index is 358. The van der Waals surface area contributed by atoms with Gasteiger partial charge >= 0.3 is 5.97 Å². The van der Waals surface area contributed by atoms with Crippen molar-refractivity contribution in [3.8, 4) is 0 Å². The molecule has 2 aliphatic rings. The van der Waals surface area contributed by atoms with Crippen LogP contribution in [0.25, 0.3) is 0 Å². The SMILES string of the molecule is CCCCCCCCCC(=O)OCC1CN2C(=O)CC2O1. The van der Waals surface area contributed by atoms with Crippen molar-refractivity contribution in [3.63, 3.8) is 0 Å². The Morgan fingerprint density at radius 2 is 1.95 bits per heavy atom. The van der Waals surface area contributed by atoms with E-state index in [0.717, 1.165) is 12.8 Å². The van der Waals surface area contributed by atoms with E-state index < -0.39 is 0 Å². The zero-order valence-corrected chi connectivity index (χ0v) is 13.0. The number of esters is 1. The van der Waals surface area contributed by atoms with Crippen molar-refractivity contribution in [2.75, 3.05) is 13.2 Å². The predicted molar refractivity (Wildman–Crippen MR) is 78.6 cm³/mol. The molecule has 2 rings (SSSR count). The van der Waals surface area contributed by atoms with E-state index in [9.17, 15) is 9.59 Å². The first kappa shape index (κ1) is 16.3. The number of fused-ring (bicyclic) bond motifs is 1. The minimum atomic E-state index is -0.146. The molecular weight excluding hydrogens is 270 g/mol. The molecule has 0 radical (unpaired) electrons. The van der Waals surface area contributed by atoms with Gasteiger partial charge < -0.3 is 14.4 Å². The molecule has 2 heterocycles. The van der Waals surface area contributed by atoms with E-state index >= 15 is 0 Å². The number of rotatable bonds is 10. The van der Waals surface area contributed by atoms with Gasteiger partial charge in [-0.15, -0.1) is 0 Å². The van der Waals surface area contributed by atoms with Gasteiger partial charge in [-0.25, -0.2) is 0 Å². The van der Waals surface area contributed by atoms with Crippen molar-refractivity contribution in [1.82, 2.24) is 4.90 Å². The van der Waals surface area contributed by atoms with Crippen LogP contribution in [0.2, 0.25) is 0 Å². The first-order valence-electron chi connectivity index (χ1n) is 8.31. The third-order valence-corrected chi connectivity index (χ3v) is 4.18. The number of ether oxygens (including phenoxy) is 2. The summed E-state index contributed by atoms with van der Waals surface area (Å²) < 4.78 is 10.8. The molecule has 2 fully saturated rings. The van der Waals surface area contributed by atoms with Gasteiger partial charge in [0.15, 0.2) is 0 Å². The van der Waals surface area contributed by atoms with E-state index in [0.29, 0.717) is 19.4 Å². The highest BCUT2D eigenvalue weighted by Gasteiger charge is 2.45. The summed E-state index contributed by atoms with van der Waals surface area (Å²) in [6.45, 7) is 3.05. The summed E-state index contributed by atoms with van der Waals surface area (Å²) in [4.78, 5) is 24.5. The van der Waals surface area contributed by atoms with Gasteiger partial charge in [0.25, 0.3) is 0 Å². The number of carbonyl (C=O) groups is 2. The molecule has 2 aliphatic heterocycles. The van der Waals surface area contributed by atoms with E-state index in [4.69, 9.17) is 9.47 Å². The van der Waals surface area contributed by atoms with Crippen molar-refractivity contribution >= 4 is 11.9 Å². The van der Waals surface area contributed by atoms with Crippen LogP contribution in [0, 0.1) is 0 Å². The molecule has 1 amide bonds. The number of nitrogens with zero attached hydrogens (tertiary/aromatic N) is 1. The third kappa shape index (κ3) is 4.99. The summed E-state index contributed by atoms with van der Waals surface area (Å²) in [5.41, 5.74) is 0. The van der Waals surface area contributed by atoms with Gasteiger partial charge in [0.05, 0.1) is 13.0 Å². The van der Waals surface area contributed by atoms with Crippen LogP contribution < -0.4 is 0 Å². The second kappa shape index (κ2) is 8.37. The van der Waals surface area contributed by atoms with Gasteiger partial charge in [-0.3, -0.25) is 9.59 Å². The van der Waals surface area contributed by atoms with Crippen molar-refractivity contribution in [3.05, 3.63) is 0 Å². The number of amides is 1. The van der Waals surface area contributed by atoms with Gasteiger partial charge in [0.2, 0.25) is 5.91 Å². The van der Waals surface area contributed by atoms with Crippen LogP contribution in [0.1, 0.15) is 64.7 Å². The molecule has 5 heteroatoms. The lowest BCUT2D eigenvalue weighted by molar-refractivity contribution is -0.159. The Morgan fingerprint density at radius 3 is 2.62 bits per heavy atom. The van der Waals surface area contributed by atoms with Crippen LogP contribution in [-0.2, 0) is 19.1 Å². The topological polar surface area (TPSA) is 55.8 Å². The molecule has 2 unspecified atom stereocenters. The zero-order valence-electron chi connectivity index (χ0n) is 13.0. The van der Waals surface area contributed by atoms with E-state index in [1.807, 2.05) is 0 Å². The van der Waals surface area contributed by atoms with Crippen LogP contribution in [0.15, 0.2) is 0 Å². The van der Waals surface area contributed by atoms with Crippen molar-refractivity contribution in [1.29, 1.82) is 0 Å². The second-order valence-corrected chi connectivity index (χ2v) is 6.02. The van der Waals surface area contributed by atoms with Crippen molar-refractivity contribution in [2.45, 2.75) is 77.0 Å². The monoisotopic (exact) mass is 297 g/mol. The smallest absolute Gasteiger partial charge is 0.305 e. The number of carbonyl (C=O) groups excluding carboxylic acids is 2. The Morgan fingerprint density at radius 1 is 1.24 bits per heavy atom. The molecule has 0 aliphatic carbocycles. The van der Waals surface area contributed by atoms with Crippen LogP contribution in [0.3, 0.4) is 0 Å². The maximum atomic E-state index is 11.6. The first-order valence-corrected chi connectivity index (χ1v) is 8.31. The highest BCUT2D eigenvalue weighted by Crippen LogP contribution is 2.28. The average Bonchev–Trinajstić information content (AvgIpc) is 2.81. The largest absolute Gasteiger partial charge is 0.463 e. The maximum Gasteiger partial charge on any atom is 0.305 e. The molecule has 0 spiro atoms. The lowest BCUT2D eigenvalue weighted by Crippen LogP contribution is -2.48. The Kier molecular flexibility index (Phi) is 6.49. The molecule has 0 bridgehead atoms. The zero-order chi connectivity index (χ0) is 15.1. The van der Waals surface area contributed by atoms with Crippen LogP contribution in [0.5, 0.6) is 0 Å². The molecule has 2 atom stereocenters. The van der Waals surface area contributed by atoms with Crippen molar-refractivity contribution < 1.29 is 19.1 Å². The summed E-state index contributed by atoms with van der Waals surface area (Å²) in [7, 11) is 0. The van der Waals surface area contributed by atoms with E-state index in [2.05, 4.69) is 6.92 Å². The van der Waals surface area contributed by atoms with E-state index in [-0.39, 0.29) is 30.8 Å². The maximum absolute atomic E-state index is 11.6. The van der Waals surface area contributed by atoms with Gasteiger partial charge in [-0.1, -0.05) is 45.4 Å². The van der Waals surface area contributed by atoms with Crippen molar-refractivity contribution in [2.24, 2.45) is 0 Å². The number of β-lactam (4-membered cyclic amide) rings is 1. The molecule has 0 saturated carbocycles. The molecule has 0 N–H and O–H groups in total. The fraction of sp³-hybridized carbons (Fsp3) is 0.875. The molecule has 0 aromatic heterocycles. The lowest BCUT2D eigenvalue weighted by atomic mass is 10.1. The molecule has 0 aromatic rings. The fourth-order valence-corrected chi connectivity index (χ4v) is 2.83. The normalized spacial score (nSPS) is 23.9. The summed E-state index contributed by atoms with van der Waals surface area (Å²) in [6.07, 6.45) is 9.12. The standard InChI is InChI=1S/C16H27NO4/c1-2-3-4-5-6-7-8-9-16(19)20-12-13-11-17-14(18)10-15(17)21-13/h13,15H,2-12H2,1H3. The minimum absolute atomic E-state index is 0.0654. The summed E-state index contributed by atoms with van der Waals surface area (Å²) in [5, 5.41) is 0. The lowest BCUT2D eigenvalue weighted by Gasteiger charge is -2.31. The quantitative estimate of drug-likeness (QED) is 0.353. The fourth-order valence-electron chi connectivity index (χ4n) is 2.83. The summed E-state index contributed by atoms with van der Waals surface area (Å²) in [6, 6.07) is 0. The van der Waals surface area contributed by atoms with Crippen LogP contribution in [-0.4, -0.2) is 42.3 Å². The molecule has 0 aromatic carbocycles. The first-order chi connectivity index (χ1) is 10.2. The second-order valence-electron chi connectivity index (χ2n) is 6.02.